The van der Waals surface area contributed by atoms with Crippen molar-refractivity contribution in [3.05, 3.63) is 41.7 Å². The Morgan fingerprint density at radius 1 is 1.28 bits per heavy atom. The van der Waals surface area contributed by atoms with Gasteiger partial charge in [-0.3, -0.25) is 0 Å². The molecule has 1 aliphatic heterocycles. The highest BCUT2D eigenvalue weighted by molar-refractivity contribution is 6.12. The molecule has 0 spiro atoms. The number of rotatable bonds is 0. The maximum atomic E-state index is 11.7. The molecule has 1 atom stereocenters. The first-order chi connectivity index (χ1) is 8.75. The van der Waals surface area contributed by atoms with Gasteiger partial charge in [0, 0.05) is 21.9 Å². The lowest BCUT2D eigenvalue weighted by Crippen LogP contribution is -1.96. The predicted molar refractivity (Wildman–Crippen MR) is 67.4 cm³/mol. The fraction of sp³-hybridized carbons (Fsp3) is 0.143. The van der Waals surface area contributed by atoms with Gasteiger partial charge in [-0.25, -0.2) is 9.78 Å². The molecule has 0 saturated heterocycles. The molecule has 0 saturated carbocycles. The lowest BCUT2D eigenvalue weighted by atomic mass is 10.0. The average Bonchev–Trinajstić information content (AvgIpc) is 2.87. The van der Waals surface area contributed by atoms with Gasteiger partial charge < -0.3 is 9.72 Å². The van der Waals surface area contributed by atoms with Crippen molar-refractivity contribution in [3.63, 3.8) is 0 Å². The zero-order valence-electron chi connectivity index (χ0n) is 9.73. The number of aromatic amines is 1. The second-order valence-electron chi connectivity index (χ2n) is 4.53. The Morgan fingerprint density at radius 3 is 3.00 bits per heavy atom. The lowest BCUT2D eigenvalue weighted by molar-refractivity contribution is 0.0419. The summed E-state index contributed by atoms with van der Waals surface area (Å²) in [4.78, 5) is 19.2. The number of cyclic esters (lactones) is 1. The summed E-state index contributed by atoms with van der Waals surface area (Å²) in [7, 11) is 0. The highest BCUT2D eigenvalue weighted by Crippen LogP contribution is 2.38. The van der Waals surface area contributed by atoms with Gasteiger partial charge >= 0.3 is 5.97 Å². The molecule has 0 bridgehead atoms. The Kier molecular flexibility index (Phi) is 1.66. The zero-order valence-corrected chi connectivity index (χ0v) is 9.73. The molecular formula is C14H10N2O2. The van der Waals surface area contributed by atoms with Crippen LogP contribution in [0.2, 0.25) is 0 Å². The third kappa shape index (κ3) is 1.05. The summed E-state index contributed by atoms with van der Waals surface area (Å²) in [5, 5.41) is 2.16. The van der Waals surface area contributed by atoms with E-state index < -0.39 is 0 Å². The van der Waals surface area contributed by atoms with E-state index in [0.29, 0.717) is 5.69 Å². The number of aromatic nitrogens is 2. The zero-order chi connectivity index (χ0) is 12.3. The number of ether oxygens (including phenoxy) is 1. The summed E-state index contributed by atoms with van der Waals surface area (Å²) in [6.07, 6.45) is 1.47. The highest BCUT2D eigenvalue weighted by Gasteiger charge is 2.32. The number of nitrogens with zero attached hydrogens (tertiary/aromatic N) is 1. The molecule has 4 nitrogen and oxygen atoms in total. The van der Waals surface area contributed by atoms with E-state index in [9.17, 15) is 4.79 Å². The number of H-pyrrole nitrogens is 1. The standard InChI is InChI=1S/C14H10N2O2/c1-7-11-12-8-4-2-3-5-9(8)16-10(12)6-15-13(11)14(17)18-7/h2-7,16H,1H3. The summed E-state index contributed by atoms with van der Waals surface area (Å²) in [5.41, 5.74) is 3.34. The first-order valence-electron chi connectivity index (χ1n) is 5.86. The Balaban J connectivity index is 2.26. The number of benzene rings is 1. The number of carbonyl (C=O) groups is 1. The largest absolute Gasteiger partial charge is 0.453 e. The topological polar surface area (TPSA) is 55.0 Å². The monoisotopic (exact) mass is 238 g/mol. The van der Waals surface area contributed by atoms with Gasteiger partial charge in [-0.05, 0) is 13.0 Å². The van der Waals surface area contributed by atoms with Crippen molar-refractivity contribution in [2.45, 2.75) is 13.0 Å². The molecule has 1 unspecified atom stereocenters. The second-order valence-corrected chi connectivity index (χ2v) is 4.53. The Bertz CT molecular complexity index is 804. The smallest absolute Gasteiger partial charge is 0.357 e. The fourth-order valence-corrected chi connectivity index (χ4v) is 2.70. The molecule has 3 heterocycles. The Labute approximate surface area is 103 Å². The molecule has 0 radical (unpaired) electrons. The number of hydrogen-bond acceptors (Lipinski definition) is 3. The molecule has 1 aliphatic rings. The Morgan fingerprint density at radius 2 is 2.11 bits per heavy atom. The van der Waals surface area contributed by atoms with E-state index in [1.807, 2.05) is 31.2 Å². The molecule has 88 valence electrons. The van der Waals surface area contributed by atoms with Crippen LogP contribution in [0.4, 0.5) is 0 Å². The quantitative estimate of drug-likeness (QED) is 0.612. The van der Waals surface area contributed by atoms with E-state index in [1.54, 1.807) is 6.20 Å². The van der Waals surface area contributed by atoms with Crippen LogP contribution in [0.25, 0.3) is 21.8 Å². The van der Waals surface area contributed by atoms with Crippen LogP contribution in [0, 0.1) is 0 Å². The van der Waals surface area contributed by atoms with Crippen molar-refractivity contribution in [2.75, 3.05) is 0 Å². The average molecular weight is 238 g/mol. The van der Waals surface area contributed by atoms with Crippen LogP contribution < -0.4 is 0 Å². The minimum atomic E-state index is -0.329. The number of fused-ring (bicyclic) bond motifs is 5. The molecule has 18 heavy (non-hydrogen) atoms. The van der Waals surface area contributed by atoms with E-state index in [4.69, 9.17) is 4.74 Å². The third-order valence-electron chi connectivity index (χ3n) is 3.47. The summed E-state index contributed by atoms with van der Waals surface area (Å²) < 4.78 is 5.24. The minimum absolute atomic E-state index is 0.233. The number of para-hydroxylation sites is 1. The molecule has 2 aromatic heterocycles. The fourth-order valence-electron chi connectivity index (χ4n) is 2.70. The van der Waals surface area contributed by atoms with Crippen LogP contribution in [0.3, 0.4) is 0 Å². The van der Waals surface area contributed by atoms with Gasteiger partial charge in [0.25, 0.3) is 0 Å². The highest BCUT2D eigenvalue weighted by atomic mass is 16.5. The lowest BCUT2D eigenvalue weighted by Gasteiger charge is -2.03. The van der Waals surface area contributed by atoms with E-state index in [2.05, 4.69) is 9.97 Å². The van der Waals surface area contributed by atoms with E-state index >= 15 is 0 Å². The molecule has 1 N–H and O–H groups in total. The van der Waals surface area contributed by atoms with Crippen molar-refractivity contribution in [1.29, 1.82) is 0 Å². The van der Waals surface area contributed by atoms with Gasteiger partial charge in [-0.15, -0.1) is 0 Å². The minimum Gasteiger partial charge on any atom is -0.453 e. The van der Waals surface area contributed by atoms with Crippen molar-refractivity contribution in [1.82, 2.24) is 9.97 Å². The van der Waals surface area contributed by atoms with Gasteiger partial charge in [0.15, 0.2) is 5.69 Å². The van der Waals surface area contributed by atoms with Crippen LogP contribution in [-0.4, -0.2) is 15.9 Å². The van der Waals surface area contributed by atoms with Crippen LogP contribution in [0.15, 0.2) is 30.5 Å². The molecule has 4 rings (SSSR count). The van der Waals surface area contributed by atoms with Gasteiger partial charge in [-0.1, -0.05) is 18.2 Å². The Hall–Kier alpha value is -2.36. The third-order valence-corrected chi connectivity index (χ3v) is 3.47. The van der Waals surface area contributed by atoms with Crippen LogP contribution in [0.5, 0.6) is 0 Å². The van der Waals surface area contributed by atoms with Crippen molar-refractivity contribution in [2.24, 2.45) is 0 Å². The number of nitrogens with one attached hydrogen (secondary N) is 1. The summed E-state index contributed by atoms with van der Waals surface area (Å²) in [6, 6.07) is 8.04. The molecule has 0 fully saturated rings. The molecule has 1 aromatic carbocycles. The SMILES string of the molecule is CC1OC(=O)c2ncc3[nH]c4ccccc4c3c21. The van der Waals surface area contributed by atoms with Crippen molar-refractivity contribution < 1.29 is 9.53 Å². The number of carbonyl (C=O) groups excluding carboxylic acids is 1. The molecular weight excluding hydrogens is 228 g/mol. The number of esters is 1. The van der Waals surface area contributed by atoms with Crippen LogP contribution >= 0.6 is 0 Å². The normalized spacial score (nSPS) is 18.3. The van der Waals surface area contributed by atoms with E-state index in [1.165, 1.54) is 0 Å². The molecule has 0 amide bonds. The first-order valence-corrected chi connectivity index (χ1v) is 5.86. The van der Waals surface area contributed by atoms with Gasteiger partial charge in [0.05, 0.1) is 11.7 Å². The molecule has 3 aromatic rings. The summed E-state index contributed by atoms with van der Waals surface area (Å²) in [6.45, 7) is 1.88. The predicted octanol–water partition coefficient (Wildman–Crippen LogP) is 2.95. The van der Waals surface area contributed by atoms with Crippen LogP contribution in [0.1, 0.15) is 29.1 Å². The number of hydrogen-bond donors (Lipinski definition) is 1. The van der Waals surface area contributed by atoms with Gasteiger partial charge in [0.1, 0.15) is 6.10 Å². The van der Waals surface area contributed by atoms with Crippen molar-refractivity contribution in [3.8, 4) is 0 Å². The van der Waals surface area contributed by atoms with Gasteiger partial charge in [0.2, 0.25) is 0 Å². The van der Waals surface area contributed by atoms with Gasteiger partial charge in [-0.2, -0.15) is 0 Å². The summed E-state index contributed by atoms with van der Waals surface area (Å²) in [5.74, 6) is -0.329. The molecule has 0 aliphatic carbocycles. The second kappa shape index (κ2) is 3.10. The van der Waals surface area contributed by atoms with Crippen molar-refractivity contribution >= 4 is 27.8 Å². The van der Waals surface area contributed by atoms with Crippen LogP contribution in [-0.2, 0) is 4.74 Å². The first kappa shape index (κ1) is 9.65. The number of pyridine rings is 1. The van der Waals surface area contributed by atoms with E-state index in [-0.39, 0.29) is 12.1 Å². The maximum Gasteiger partial charge on any atom is 0.357 e. The summed E-state index contributed by atoms with van der Waals surface area (Å²) >= 11 is 0. The maximum absolute atomic E-state index is 11.7. The molecule has 4 heteroatoms. The van der Waals surface area contributed by atoms with E-state index in [0.717, 1.165) is 27.4 Å².